The van der Waals surface area contributed by atoms with Gasteiger partial charge in [-0.3, -0.25) is 4.79 Å². The maximum atomic E-state index is 10.8. The molecule has 0 aliphatic heterocycles. The number of nitrogens with zero attached hydrogens (tertiary/aromatic N) is 2. The highest BCUT2D eigenvalue weighted by Crippen LogP contribution is 2.07. The van der Waals surface area contributed by atoms with Crippen molar-refractivity contribution in [2.24, 2.45) is 0 Å². The van der Waals surface area contributed by atoms with Gasteiger partial charge in [0.15, 0.2) is 11.6 Å². The van der Waals surface area contributed by atoms with E-state index in [-0.39, 0.29) is 17.3 Å². The Labute approximate surface area is 77.4 Å². The van der Waals surface area contributed by atoms with Gasteiger partial charge in [0, 0.05) is 6.92 Å². The molecule has 0 aliphatic carbocycles. The molecule has 0 atom stereocenters. The summed E-state index contributed by atoms with van der Waals surface area (Å²) in [6, 6.07) is 0. The van der Waals surface area contributed by atoms with E-state index in [1.54, 1.807) is 0 Å². The number of nitrogens with two attached hydrogens (primary N) is 1. The van der Waals surface area contributed by atoms with Gasteiger partial charge >= 0.3 is 0 Å². The summed E-state index contributed by atoms with van der Waals surface area (Å²) in [5, 5.41) is 0. The first-order valence-corrected chi connectivity index (χ1v) is 3.98. The molecule has 0 aromatic carbocycles. The SMILES string of the molecule is CC(=O)c1nc(I)cnc1N. The lowest BCUT2D eigenvalue weighted by atomic mass is 10.3. The van der Waals surface area contributed by atoms with Gasteiger partial charge in [0.1, 0.15) is 9.39 Å². The van der Waals surface area contributed by atoms with Crippen LogP contribution in [0.2, 0.25) is 0 Å². The molecule has 0 saturated carbocycles. The fourth-order valence-electron chi connectivity index (χ4n) is 0.636. The monoisotopic (exact) mass is 263 g/mol. The Kier molecular flexibility index (Phi) is 2.38. The van der Waals surface area contributed by atoms with Gasteiger partial charge in [-0.25, -0.2) is 9.97 Å². The Morgan fingerprint density at radius 3 is 2.82 bits per heavy atom. The highest BCUT2D eigenvalue weighted by Gasteiger charge is 2.07. The van der Waals surface area contributed by atoms with E-state index in [0.29, 0.717) is 3.70 Å². The topological polar surface area (TPSA) is 68.9 Å². The van der Waals surface area contributed by atoms with Gasteiger partial charge in [-0.15, -0.1) is 0 Å². The van der Waals surface area contributed by atoms with Crippen molar-refractivity contribution in [2.75, 3.05) is 5.73 Å². The Morgan fingerprint density at radius 1 is 1.73 bits per heavy atom. The number of rotatable bonds is 1. The second kappa shape index (κ2) is 3.12. The molecule has 0 spiro atoms. The van der Waals surface area contributed by atoms with Crippen molar-refractivity contribution < 1.29 is 4.79 Å². The Balaban J connectivity index is 3.23. The van der Waals surface area contributed by atoms with Crippen LogP contribution < -0.4 is 5.73 Å². The van der Waals surface area contributed by atoms with Gasteiger partial charge < -0.3 is 5.73 Å². The van der Waals surface area contributed by atoms with E-state index in [4.69, 9.17) is 5.73 Å². The van der Waals surface area contributed by atoms with Crippen LogP contribution in [0.25, 0.3) is 0 Å². The molecule has 5 heteroatoms. The summed E-state index contributed by atoms with van der Waals surface area (Å²) >= 11 is 1.97. The Bertz CT molecular complexity index is 300. The zero-order valence-corrected chi connectivity index (χ0v) is 7.99. The first-order valence-electron chi connectivity index (χ1n) is 2.90. The van der Waals surface area contributed by atoms with Crippen LogP contribution in [0.1, 0.15) is 17.4 Å². The standard InChI is InChI=1S/C6H6IN3O/c1-3(11)5-6(8)9-2-4(7)10-5/h2H,1H3,(H2,8,9). The maximum Gasteiger partial charge on any atom is 0.181 e. The average Bonchev–Trinajstić information content (AvgIpc) is 1.94. The number of carbonyl (C=O) groups excluding carboxylic acids is 1. The molecule has 1 heterocycles. The minimum atomic E-state index is -0.159. The molecular formula is C6H6IN3O. The molecule has 0 saturated heterocycles. The third-order valence-electron chi connectivity index (χ3n) is 1.10. The zero-order valence-electron chi connectivity index (χ0n) is 5.84. The second-order valence-electron chi connectivity index (χ2n) is 1.98. The largest absolute Gasteiger partial charge is 0.382 e. The number of Topliss-reactive ketones (excluding diaryl/α,β-unsaturated/α-hetero) is 1. The van der Waals surface area contributed by atoms with Crippen LogP contribution in [0.3, 0.4) is 0 Å². The van der Waals surface area contributed by atoms with E-state index in [9.17, 15) is 4.79 Å². The molecular weight excluding hydrogens is 257 g/mol. The van der Waals surface area contributed by atoms with Crippen molar-refractivity contribution in [1.82, 2.24) is 9.97 Å². The average molecular weight is 263 g/mol. The number of anilines is 1. The minimum Gasteiger partial charge on any atom is -0.382 e. The predicted molar refractivity (Wildman–Crippen MR) is 49.2 cm³/mol. The van der Waals surface area contributed by atoms with E-state index in [2.05, 4.69) is 9.97 Å². The number of ketones is 1. The zero-order chi connectivity index (χ0) is 8.43. The van der Waals surface area contributed by atoms with Gasteiger partial charge in [-0.05, 0) is 22.6 Å². The molecule has 11 heavy (non-hydrogen) atoms. The number of nitrogen functional groups attached to an aromatic ring is 1. The summed E-state index contributed by atoms with van der Waals surface area (Å²) in [6.07, 6.45) is 1.52. The number of halogens is 1. The summed E-state index contributed by atoms with van der Waals surface area (Å²) < 4.78 is 0.669. The summed E-state index contributed by atoms with van der Waals surface area (Å²) in [6.45, 7) is 1.41. The van der Waals surface area contributed by atoms with E-state index in [0.717, 1.165) is 0 Å². The minimum absolute atomic E-state index is 0.159. The number of hydrogen-bond acceptors (Lipinski definition) is 4. The molecule has 0 fully saturated rings. The number of carbonyl (C=O) groups is 1. The third-order valence-corrected chi connectivity index (χ3v) is 1.62. The van der Waals surface area contributed by atoms with E-state index in [1.807, 2.05) is 22.6 Å². The van der Waals surface area contributed by atoms with Gasteiger partial charge in [-0.2, -0.15) is 0 Å². The van der Waals surface area contributed by atoms with Gasteiger partial charge in [-0.1, -0.05) is 0 Å². The fourth-order valence-corrected chi connectivity index (χ4v) is 1.02. The molecule has 1 rings (SSSR count). The second-order valence-corrected chi connectivity index (χ2v) is 3.09. The summed E-state index contributed by atoms with van der Waals surface area (Å²) in [4.78, 5) is 18.5. The highest BCUT2D eigenvalue weighted by atomic mass is 127. The predicted octanol–water partition coefficient (Wildman–Crippen LogP) is 0.866. The summed E-state index contributed by atoms with van der Waals surface area (Å²) in [5.74, 6) is 0.0337. The first kappa shape index (κ1) is 8.38. The molecule has 2 N–H and O–H groups in total. The summed E-state index contributed by atoms with van der Waals surface area (Å²) in [7, 11) is 0. The van der Waals surface area contributed by atoms with Crippen LogP contribution >= 0.6 is 22.6 Å². The van der Waals surface area contributed by atoms with Crippen molar-refractivity contribution in [3.8, 4) is 0 Å². The maximum absolute atomic E-state index is 10.8. The molecule has 0 aliphatic rings. The van der Waals surface area contributed by atoms with Crippen molar-refractivity contribution in [1.29, 1.82) is 0 Å². The number of hydrogen-bond donors (Lipinski definition) is 1. The van der Waals surface area contributed by atoms with Crippen molar-refractivity contribution in [2.45, 2.75) is 6.92 Å². The lowest BCUT2D eigenvalue weighted by Crippen LogP contribution is -2.06. The Hall–Kier alpha value is -0.720. The fraction of sp³-hybridized carbons (Fsp3) is 0.167. The van der Waals surface area contributed by atoms with Crippen LogP contribution in [0.5, 0.6) is 0 Å². The van der Waals surface area contributed by atoms with E-state index < -0.39 is 0 Å². The lowest BCUT2D eigenvalue weighted by molar-refractivity contribution is 0.101. The van der Waals surface area contributed by atoms with Crippen LogP contribution in [0.4, 0.5) is 5.82 Å². The third kappa shape index (κ3) is 1.86. The molecule has 1 aromatic rings. The lowest BCUT2D eigenvalue weighted by Gasteiger charge is -1.98. The van der Waals surface area contributed by atoms with Crippen molar-refractivity contribution >= 4 is 34.2 Å². The smallest absolute Gasteiger partial charge is 0.181 e. The molecule has 0 unspecified atom stereocenters. The molecule has 0 bridgehead atoms. The van der Waals surface area contributed by atoms with Crippen molar-refractivity contribution in [3.05, 3.63) is 15.6 Å². The van der Waals surface area contributed by atoms with Gasteiger partial charge in [0.05, 0.1) is 6.20 Å². The quantitative estimate of drug-likeness (QED) is 0.602. The van der Waals surface area contributed by atoms with Crippen LogP contribution in [0, 0.1) is 3.70 Å². The van der Waals surface area contributed by atoms with Crippen molar-refractivity contribution in [3.63, 3.8) is 0 Å². The summed E-state index contributed by atoms with van der Waals surface area (Å²) in [5.41, 5.74) is 5.64. The Morgan fingerprint density at radius 2 is 2.36 bits per heavy atom. The van der Waals surface area contributed by atoms with Gasteiger partial charge in [0.2, 0.25) is 0 Å². The molecule has 58 valence electrons. The molecule has 1 aromatic heterocycles. The van der Waals surface area contributed by atoms with E-state index >= 15 is 0 Å². The van der Waals surface area contributed by atoms with E-state index in [1.165, 1.54) is 13.1 Å². The van der Waals surface area contributed by atoms with Crippen LogP contribution in [0.15, 0.2) is 6.20 Å². The van der Waals surface area contributed by atoms with Gasteiger partial charge in [0.25, 0.3) is 0 Å². The first-order chi connectivity index (χ1) is 5.11. The highest BCUT2D eigenvalue weighted by molar-refractivity contribution is 14.1. The molecule has 0 amide bonds. The number of aromatic nitrogens is 2. The van der Waals surface area contributed by atoms with Crippen LogP contribution in [-0.4, -0.2) is 15.8 Å². The van der Waals surface area contributed by atoms with Crippen LogP contribution in [-0.2, 0) is 0 Å². The normalized spacial score (nSPS) is 9.64. The molecule has 4 nitrogen and oxygen atoms in total. The molecule has 0 radical (unpaired) electrons.